The molecule has 3 nitrogen and oxygen atoms in total. The molecular weight excluding hydrogens is 342 g/mol. The van der Waals surface area contributed by atoms with Gasteiger partial charge in [0.05, 0.1) is 11.8 Å². The van der Waals surface area contributed by atoms with Crippen LogP contribution in [0.15, 0.2) is 53.4 Å². The average Bonchev–Trinajstić information content (AvgIpc) is 2.59. The van der Waals surface area contributed by atoms with Crippen molar-refractivity contribution in [3.63, 3.8) is 0 Å². The molecule has 0 aliphatic heterocycles. The fourth-order valence-electron chi connectivity index (χ4n) is 2.17. The van der Waals surface area contributed by atoms with Gasteiger partial charge in [-0.2, -0.15) is 0 Å². The lowest BCUT2D eigenvalue weighted by Gasteiger charge is -2.15. The van der Waals surface area contributed by atoms with E-state index in [1.54, 1.807) is 11.8 Å². The van der Waals surface area contributed by atoms with Gasteiger partial charge in [0.1, 0.15) is 12.4 Å². The second-order valence-corrected chi connectivity index (χ2v) is 7.09. The molecular formula is C19H22ClNO2S. The predicted molar refractivity (Wildman–Crippen MR) is 101 cm³/mol. The monoisotopic (exact) mass is 363 g/mol. The lowest BCUT2D eigenvalue weighted by molar-refractivity contribution is -0.120. The largest absolute Gasteiger partial charge is 0.491 e. The summed E-state index contributed by atoms with van der Waals surface area (Å²) in [6.07, 6.45) is 0.762. The van der Waals surface area contributed by atoms with Crippen LogP contribution in [0.3, 0.4) is 0 Å². The van der Waals surface area contributed by atoms with Gasteiger partial charge in [-0.05, 0) is 49.2 Å². The van der Waals surface area contributed by atoms with E-state index in [1.165, 1.54) is 0 Å². The number of carbonyl (C=O) groups is 1. The summed E-state index contributed by atoms with van der Waals surface area (Å²) in [5.41, 5.74) is 1.09. The quantitative estimate of drug-likeness (QED) is 0.545. The Balaban J connectivity index is 1.77. The number of para-hydroxylation sites is 1. The molecule has 1 unspecified atom stereocenters. The molecule has 0 bridgehead atoms. The molecule has 0 aliphatic rings. The third-order valence-corrected chi connectivity index (χ3v) is 5.14. The first-order chi connectivity index (χ1) is 11.6. The first kappa shape index (κ1) is 18.7. The molecule has 1 N–H and O–H groups in total. The van der Waals surface area contributed by atoms with Crippen LogP contribution in [0, 0.1) is 6.92 Å². The highest BCUT2D eigenvalue weighted by atomic mass is 35.5. The third kappa shape index (κ3) is 5.77. The summed E-state index contributed by atoms with van der Waals surface area (Å²) in [6.45, 7) is 4.96. The molecule has 0 aliphatic carbocycles. The zero-order chi connectivity index (χ0) is 17.4. The molecule has 0 saturated heterocycles. The third-order valence-electron chi connectivity index (χ3n) is 3.51. The molecule has 0 radical (unpaired) electrons. The number of ether oxygens (including phenoxy) is 1. The van der Waals surface area contributed by atoms with E-state index in [4.69, 9.17) is 16.3 Å². The van der Waals surface area contributed by atoms with Crippen molar-refractivity contribution in [2.45, 2.75) is 30.4 Å². The van der Waals surface area contributed by atoms with Gasteiger partial charge < -0.3 is 10.1 Å². The van der Waals surface area contributed by atoms with E-state index in [1.807, 2.05) is 62.4 Å². The van der Waals surface area contributed by atoms with Gasteiger partial charge in [0, 0.05) is 9.92 Å². The van der Waals surface area contributed by atoms with Crippen molar-refractivity contribution in [2.75, 3.05) is 13.2 Å². The first-order valence-electron chi connectivity index (χ1n) is 7.98. The molecule has 0 heterocycles. The topological polar surface area (TPSA) is 38.3 Å². The highest BCUT2D eigenvalue weighted by Crippen LogP contribution is 2.26. The maximum atomic E-state index is 12.3. The van der Waals surface area contributed by atoms with Crippen LogP contribution in [0.25, 0.3) is 0 Å². The Morgan fingerprint density at radius 2 is 1.92 bits per heavy atom. The summed E-state index contributed by atoms with van der Waals surface area (Å²) in [5.74, 6) is 0.889. The Morgan fingerprint density at radius 3 is 2.58 bits per heavy atom. The van der Waals surface area contributed by atoms with E-state index in [0.29, 0.717) is 18.2 Å². The van der Waals surface area contributed by atoms with Crippen LogP contribution < -0.4 is 10.1 Å². The van der Waals surface area contributed by atoms with Crippen LogP contribution in [0.5, 0.6) is 5.75 Å². The Hall–Kier alpha value is -1.65. The van der Waals surface area contributed by atoms with Crippen LogP contribution in [0.1, 0.15) is 18.9 Å². The van der Waals surface area contributed by atoms with Gasteiger partial charge >= 0.3 is 0 Å². The summed E-state index contributed by atoms with van der Waals surface area (Å²) >= 11 is 7.44. The van der Waals surface area contributed by atoms with E-state index in [0.717, 1.165) is 22.6 Å². The number of amides is 1. The molecule has 2 rings (SSSR count). The van der Waals surface area contributed by atoms with E-state index < -0.39 is 0 Å². The summed E-state index contributed by atoms with van der Waals surface area (Å²) in [6, 6.07) is 15.4. The highest BCUT2D eigenvalue weighted by Gasteiger charge is 2.17. The smallest absolute Gasteiger partial charge is 0.233 e. The second-order valence-electron chi connectivity index (χ2n) is 5.37. The number of hydrogen-bond donors (Lipinski definition) is 1. The van der Waals surface area contributed by atoms with Crippen molar-refractivity contribution >= 4 is 29.3 Å². The van der Waals surface area contributed by atoms with Crippen molar-refractivity contribution in [1.82, 2.24) is 5.32 Å². The number of thioether (sulfide) groups is 1. The second kappa shape index (κ2) is 9.60. The van der Waals surface area contributed by atoms with Gasteiger partial charge in [0.25, 0.3) is 0 Å². The van der Waals surface area contributed by atoms with Crippen molar-refractivity contribution < 1.29 is 9.53 Å². The molecule has 2 aromatic carbocycles. The maximum Gasteiger partial charge on any atom is 0.233 e. The number of halogens is 1. The Labute approximate surface area is 152 Å². The minimum Gasteiger partial charge on any atom is -0.491 e. The normalized spacial score (nSPS) is 11.8. The molecule has 1 atom stereocenters. The minimum absolute atomic E-state index is 0.0332. The molecule has 0 spiro atoms. The van der Waals surface area contributed by atoms with Gasteiger partial charge in [0.2, 0.25) is 5.91 Å². The average molecular weight is 364 g/mol. The molecule has 0 aromatic heterocycles. The first-order valence-corrected chi connectivity index (χ1v) is 9.24. The van der Waals surface area contributed by atoms with Crippen LogP contribution in [0.2, 0.25) is 5.02 Å². The highest BCUT2D eigenvalue weighted by molar-refractivity contribution is 8.00. The standard InChI is InChI=1S/C19H22ClNO2S/c1-3-18(24-16-10-8-15(20)9-11-16)19(22)21-12-13-23-17-7-5-4-6-14(17)2/h4-11,18H,3,12-13H2,1-2H3,(H,21,22). The summed E-state index contributed by atoms with van der Waals surface area (Å²) in [7, 11) is 0. The molecule has 5 heteroatoms. The van der Waals surface area contributed by atoms with Crippen molar-refractivity contribution in [3.05, 3.63) is 59.1 Å². The maximum absolute atomic E-state index is 12.3. The number of carbonyl (C=O) groups excluding carboxylic acids is 1. The van der Waals surface area contributed by atoms with E-state index >= 15 is 0 Å². The number of nitrogens with one attached hydrogen (secondary N) is 1. The van der Waals surface area contributed by atoms with Gasteiger partial charge in [-0.1, -0.05) is 36.7 Å². The van der Waals surface area contributed by atoms with E-state index in [2.05, 4.69) is 5.32 Å². The van der Waals surface area contributed by atoms with Crippen LogP contribution >= 0.6 is 23.4 Å². The van der Waals surface area contributed by atoms with Gasteiger partial charge in [-0.3, -0.25) is 4.79 Å². The number of aryl methyl sites for hydroxylation is 1. The zero-order valence-corrected chi connectivity index (χ0v) is 15.5. The predicted octanol–water partition coefficient (Wildman–Crippen LogP) is 4.71. The minimum atomic E-state index is -0.121. The zero-order valence-electron chi connectivity index (χ0n) is 13.9. The number of hydrogen-bond acceptors (Lipinski definition) is 3. The Bertz CT molecular complexity index is 661. The number of rotatable bonds is 8. The summed E-state index contributed by atoms with van der Waals surface area (Å²) in [4.78, 5) is 13.3. The van der Waals surface area contributed by atoms with Crippen molar-refractivity contribution in [2.24, 2.45) is 0 Å². The molecule has 1 amide bonds. The molecule has 24 heavy (non-hydrogen) atoms. The van der Waals surface area contributed by atoms with Crippen LogP contribution in [0.4, 0.5) is 0 Å². The molecule has 2 aromatic rings. The van der Waals surface area contributed by atoms with Crippen molar-refractivity contribution in [1.29, 1.82) is 0 Å². The van der Waals surface area contributed by atoms with E-state index in [9.17, 15) is 4.79 Å². The summed E-state index contributed by atoms with van der Waals surface area (Å²) < 4.78 is 5.70. The molecule has 128 valence electrons. The van der Waals surface area contributed by atoms with Gasteiger partial charge in [0.15, 0.2) is 0 Å². The van der Waals surface area contributed by atoms with Gasteiger partial charge in [-0.15, -0.1) is 11.8 Å². The van der Waals surface area contributed by atoms with Gasteiger partial charge in [-0.25, -0.2) is 0 Å². The molecule has 0 saturated carbocycles. The van der Waals surface area contributed by atoms with Crippen LogP contribution in [-0.4, -0.2) is 24.3 Å². The Morgan fingerprint density at radius 1 is 1.21 bits per heavy atom. The number of benzene rings is 2. The SMILES string of the molecule is CCC(Sc1ccc(Cl)cc1)C(=O)NCCOc1ccccc1C. The summed E-state index contributed by atoms with van der Waals surface area (Å²) in [5, 5.41) is 3.52. The van der Waals surface area contributed by atoms with Crippen molar-refractivity contribution in [3.8, 4) is 5.75 Å². The lowest BCUT2D eigenvalue weighted by atomic mass is 10.2. The van der Waals surface area contributed by atoms with E-state index in [-0.39, 0.29) is 11.2 Å². The fraction of sp³-hybridized carbons (Fsp3) is 0.316. The Kier molecular flexibility index (Phi) is 7.47. The van der Waals surface area contributed by atoms with Crippen LogP contribution in [-0.2, 0) is 4.79 Å². The fourth-order valence-corrected chi connectivity index (χ4v) is 3.27. The molecule has 0 fully saturated rings. The lowest BCUT2D eigenvalue weighted by Crippen LogP contribution is -2.35.